The summed E-state index contributed by atoms with van der Waals surface area (Å²) >= 11 is 0. The smallest absolute Gasteiger partial charge is 0.120 e. The lowest BCUT2D eigenvalue weighted by atomic mass is 10.1. The topological polar surface area (TPSA) is 37.0 Å². The zero-order valence-corrected chi connectivity index (χ0v) is 11.0. The van der Waals surface area contributed by atoms with Gasteiger partial charge in [0.15, 0.2) is 0 Å². The lowest BCUT2D eigenvalue weighted by Gasteiger charge is -2.08. The molecule has 19 heavy (non-hydrogen) atoms. The normalized spacial score (nSPS) is 10.6. The Labute approximate surface area is 112 Å². The monoisotopic (exact) mass is 252 g/mol. The molecule has 0 radical (unpaired) electrons. The van der Waals surface area contributed by atoms with Crippen molar-refractivity contribution in [3.8, 4) is 5.75 Å². The summed E-state index contributed by atoms with van der Waals surface area (Å²) in [6, 6.07) is 14.2. The number of aromatic amines is 1. The molecule has 1 aromatic heterocycles. The Hall–Kier alpha value is -2.42. The van der Waals surface area contributed by atoms with Crippen LogP contribution in [0, 0.1) is 6.92 Å². The summed E-state index contributed by atoms with van der Waals surface area (Å²) in [6.07, 6.45) is 2.00. The Morgan fingerprint density at radius 3 is 2.79 bits per heavy atom. The second-order valence-electron chi connectivity index (χ2n) is 4.56. The van der Waals surface area contributed by atoms with E-state index in [1.165, 1.54) is 10.9 Å². The lowest BCUT2D eigenvalue weighted by Crippen LogP contribution is -1.91. The Morgan fingerprint density at radius 2 is 1.95 bits per heavy atom. The zero-order chi connectivity index (χ0) is 13.2. The fourth-order valence-electron chi connectivity index (χ4n) is 2.32. The van der Waals surface area contributed by atoms with Crippen molar-refractivity contribution in [1.82, 2.24) is 4.98 Å². The molecule has 2 aromatic carbocycles. The van der Waals surface area contributed by atoms with Gasteiger partial charge in [-0.3, -0.25) is 0 Å². The molecule has 0 fully saturated rings. The molecule has 3 aromatic rings. The first-order valence-corrected chi connectivity index (χ1v) is 6.26. The average Bonchev–Trinajstić information content (AvgIpc) is 2.84. The summed E-state index contributed by atoms with van der Waals surface area (Å²) in [5.74, 6) is 0.849. The van der Waals surface area contributed by atoms with Gasteiger partial charge in [-0.1, -0.05) is 18.2 Å². The van der Waals surface area contributed by atoms with Gasteiger partial charge in [0, 0.05) is 28.9 Å². The van der Waals surface area contributed by atoms with Crippen molar-refractivity contribution in [2.45, 2.75) is 6.92 Å². The van der Waals surface area contributed by atoms with E-state index in [4.69, 9.17) is 4.74 Å². The molecule has 0 aliphatic rings. The quantitative estimate of drug-likeness (QED) is 0.732. The minimum absolute atomic E-state index is 0.849. The molecule has 96 valence electrons. The van der Waals surface area contributed by atoms with Crippen LogP contribution in [0.2, 0.25) is 0 Å². The molecular formula is C16H16N2O. The van der Waals surface area contributed by atoms with E-state index in [9.17, 15) is 0 Å². The number of benzene rings is 2. The zero-order valence-electron chi connectivity index (χ0n) is 11.0. The fourth-order valence-corrected chi connectivity index (χ4v) is 2.32. The SMILES string of the molecule is COc1cccc(Nc2c[nH]c3cccc(C)c23)c1. The van der Waals surface area contributed by atoms with Gasteiger partial charge in [0.25, 0.3) is 0 Å². The van der Waals surface area contributed by atoms with Crippen LogP contribution in [0.3, 0.4) is 0 Å². The summed E-state index contributed by atoms with van der Waals surface area (Å²) in [7, 11) is 1.68. The van der Waals surface area contributed by atoms with Crippen molar-refractivity contribution in [2.24, 2.45) is 0 Å². The Bertz CT molecular complexity index is 716. The maximum absolute atomic E-state index is 5.24. The third kappa shape index (κ3) is 2.15. The predicted molar refractivity (Wildman–Crippen MR) is 79.3 cm³/mol. The maximum atomic E-state index is 5.24. The molecule has 1 heterocycles. The molecular weight excluding hydrogens is 236 g/mol. The largest absolute Gasteiger partial charge is 0.497 e. The average molecular weight is 252 g/mol. The van der Waals surface area contributed by atoms with E-state index >= 15 is 0 Å². The summed E-state index contributed by atoms with van der Waals surface area (Å²) in [5, 5.41) is 4.66. The molecule has 0 spiro atoms. The molecule has 2 N–H and O–H groups in total. The highest BCUT2D eigenvalue weighted by Crippen LogP contribution is 2.29. The number of aromatic nitrogens is 1. The molecule has 0 aliphatic heterocycles. The van der Waals surface area contributed by atoms with Gasteiger partial charge < -0.3 is 15.0 Å². The molecule has 0 unspecified atom stereocenters. The van der Waals surface area contributed by atoms with Crippen molar-refractivity contribution in [1.29, 1.82) is 0 Å². The molecule has 0 aliphatic carbocycles. The van der Waals surface area contributed by atoms with Gasteiger partial charge in [0.1, 0.15) is 5.75 Å². The van der Waals surface area contributed by atoms with Crippen LogP contribution in [0.1, 0.15) is 5.56 Å². The third-order valence-electron chi connectivity index (χ3n) is 3.26. The van der Waals surface area contributed by atoms with Crippen molar-refractivity contribution < 1.29 is 4.74 Å². The number of ether oxygens (including phenoxy) is 1. The summed E-state index contributed by atoms with van der Waals surface area (Å²) in [4.78, 5) is 3.28. The lowest BCUT2D eigenvalue weighted by molar-refractivity contribution is 0.415. The first kappa shape index (κ1) is 11.7. The van der Waals surface area contributed by atoms with Gasteiger partial charge in [0.2, 0.25) is 0 Å². The molecule has 0 saturated heterocycles. The van der Waals surface area contributed by atoms with E-state index in [-0.39, 0.29) is 0 Å². The van der Waals surface area contributed by atoms with Gasteiger partial charge in [-0.15, -0.1) is 0 Å². The van der Waals surface area contributed by atoms with Crippen LogP contribution in [0.15, 0.2) is 48.7 Å². The van der Waals surface area contributed by atoms with E-state index in [2.05, 4.69) is 35.4 Å². The molecule has 0 amide bonds. The Balaban J connectivity index is 2.01. The van der Waals surface area contributed by atoms with Crippen LogP contribution >= 0.6 is 0 Å². The van der Waals surface area contributed by atoms with Gasteiger partial charge in [0.05, 0.1) is 12.8 Å². The predicted octanol–water partition coefficient (Wildman–Crippen LogP) is 4.23. The number of fused-ring (bicyclic) bond motifs is 1. The van der Waals surface area contributed by atoms with E-state index in [0.717, 1.165) is 22.6 Å². The van der Waals surface area contributed by atoms with Crippen LogP contribution < -0.4 is 10.1 Å². The first-order valence-electron chi connectivity index (χ1n) is 6.26. The van der Waals surface area contributed by atoms with E-state index in [1.807, 2.05) is 30.5 Å². The van der Waals surface area contributed by atoms with Gasteiger partial charge in [-0.2, -0.15) is 0 Å². The van der Waals surface area contributed by atoms with Crippen LogP contribution in [0.25, 0.3) is 10.9 Å². The fraction of sp³-hybridized carbons (Fsp3) is 0.125. The molecule has 0 atom stereocenters. The van der Waals surface area contributed by atoms with Crippen molar-refractivity contribution in [3.63, 3.8) is 0 Å². The Kier molecular flexibility index (Phi) is 2.88. The number of hydrogen-bond acceptors (Lipinski definition) is 2. The number of hydrogen-bond donors (Lipinski definition) is 2. The van der Waals surface area contributed by atoms with Crippen LogP contribution in [-0.4, -0.2) is 12.1 Å². The minimum atomic E-state index is 0.849. The second kappa shape index (κ2) is 4.69. The molecule has 3 rings (SSSR count). The van der Waals surface area contributed by atoms with Crippen molar-refractivity contribution >= 4 is 22.3 Å². The number of aryl methyl sites for hydroxylation is 1. The molecule has 0 saturated carbocycles. The van der Waals surface area contributed by atoms with E-state index in [0.29, 0.717) is 0 Å². The van der Waals surface area contributed by atoms with E-state index < -0.39 is 0 Å². The van der Waals surface area contributed by atoms with E-state index in [1.54, 1.807) is 7.11 Å². The number of anilines is 2. The highest BCUT2D eigenvalue weighted by Gasteiger charge is 2.06. The summed E-state index contributed by atoms with van der Waals surface area (Å²) in [5.41, 5.74) is 4.50. The second-order valence-corrected chi connectivity index (χ2v) is 4.56. The number of H-pyrrole nitrogens is 1. The number of nitrogens with one attached hydrogen (secondary N) is 2. The first-order chi connectivity index (χ1) is 9.28. The number of methoxy groups -OCH3 is 1. The Morgan fingerprint density at radius 1 is 1.11 bits per heavy atom. The van der Waals surface area contributed by atoms with Crippen LogP contribution in [0.5, 0.6) is 5.75 Å². The minimum Gasteiger partial charge on any atom is -0.497 e. The number of rotatable bonds is 3. The van der Waals surface area contributed by atoms with Crippen molar-refractivity contribution in [3.05, 3.63) is 54.2 Å². The maximum Gasteiger partial charge on any atom is 0.120 e. The van der Waals surface area contributed by atoms with Gasteiger partial charge in [-0.25, -0.2) is 0 Å². The van der Waals surface area contributed by atoms with Crippen molar-refractivity contribution in [2.75, 3.05) is 12.4 Å². The summed E-state index contributed by atoms with van der Waals surface area (Å²) < 4.78 is 5.24. The summed E-state index contributed by atoms with van der Waals surface area (Å²) in [6.45, 7) is 2.12. The molecule has 3 nitrogen and oxygen atoms in total. The van der Waals surface area contributed by atoms with Gasteiger partial charge >= 0.3 is 0 Å². The standard InChI is InChI=1S/C16H16N2O/c1-11-5-3-8-14-16(11)15(10-17-14)18-12-6-4-7-13(9-12)19-2/h3-10,17-18H,1-2H3. The highest BCUT2D eigenvalue weighted by atomic mass is 16.5. The third-order valence-corrected chi connectivity index (χ3v) is 3.26. The highest BCUT2D eigenvalue weighted by molar-refractivity contribution is 5.96. The van der Waals surface area contributed by atoms with Gasteiger partial charge in [-0.05, 0) is 30.7 Å². The molecule has 0 bridgehead atoms. The van der Waals surface area contributed by atoms with Crippen LogP contribution in [0.4, 0.5) is 11.4 Å². The molecule has 3 heteroatoms. The van der Waals surface area contributed by atoms with Crippen LogP contribution in [-0.2, 0) is 0 Å².